The van der Waals surface area contributed by atoms with E-state index in [0.29, 0.717) is 29.0 Å². The fraction of sp³-hybridized carbons (Fsp3) is 0.0417. The maximum Gasteiger partial charge on any atom is 0.257 e. The zero-order valence-electron chi connectivity index (χ0n) is 17.4. The number of benzene rings is 1. The zero-order chi connectivity index (χ0) is 22.6. The number of rotatable bonds is 6. The molecule has 0 fully saturated rings. The third kappa shape index (κ3) is 4.62. The predicted molar refractivity (Wildman–Crippen MR) is 123 cm³/mol. The molecule has 2 N–H and O–H groups in total. The average molecular weight is 437 g/mol. The van der Waals surface area contributed by atoms with E-state index in [-0.39, 0.29) is 11.8 Å². The molecule has 162 valence electrons. The number of carbonyl (C=O) groups excluding carboxylic acids is 2. The van der Waals surface area contributed by atoms with Gasteiger partial charge in [-0.3, -0.25) is 19.3 Å². The number of aromatic nitrogens is 5. The number of imidazole rings is 1. The van der Waals surface area contributed by atoms with E-state index in [1.54, 1.807) is 59.7 Å². The van der Waals surface area contributed by atoms with E-state index in [1.807, 2.05) is 35.0 Å². The second kappa shape index (κ2) is 8.75. The minimum Gasteiger partial charge on any atom is -0.322 e. The van der Waals surface area contributed by atoms with E-state index in [2.05, 4.69) is 25.7 Å². The van der Waals surface area contributed by atoms with Crippen LogP contribution in [0.15, 0.2) is 91.8 Å². The number of fused-ring (bicyclic) bond motifs is 1. The van der Waals surface area contributed by atoms with Crippen LogP contribution in [-0.2, 0) is 6.54 Å². The second-order valence-electron chi connectivity index (χ2n) is 7.36. The molecule has 1 aromatic carbocycles. The molecule has 0 aliphatic rings. The van der Waals surface area contributed by atoms with Crippen LogP contribution in [0.4, 0.5) is 11.4 Å². The first kappa shape index (κ1) is 20.1. The normalized spacial score (nSPS) is 10.8. The number of nitrogens with one attached hydrogen (secondary N) is 2. The lowest BCUT2D eigenvalue weighted by Crippen LogP contribution is -2.14. The van der Waals surface area contributed by atoms with Crippen molar-refractivity contribution in [2.45, 2.75) is 6.54 Å². The van der Waals surface area contributed by atoms with Gasteiger partial charge in [-0.15, -0.1) is 0 Å². The Morgan fingerprint density at radius 1 is 0.848 bits per heavy atom. The highest BCUT2D eigenvalue weighted by Gasteiger charge is 2.11. The SMILES string of the molecule is O=C(Nc1cccc(C(=O)Nc2cnn(Cc3cn4ccccc4n3)c2)c1)c1cccnc1. The molecule has 9 nitrogen and oxygen atoms in total. The van der Waals surface area contributed by atoms with Crippen LogP contribution >= 0.6 is 0 Å². The molecule has 0 aliphatic carbocycles. The molecule has 9 heteroatoms. The van der Waals surface area contributed by atoms with Gasteiger partial charge in [0.1, 0.15) is 5.65 Å². The summed E-state index contributed by atoms with van der Waals surface area (Å²) in [6.45, 7) is 0.480. The van der Waals surface area contributed by atoms with Crippen molar-refractivity contribution in [3.8, 4) is 0 Å². The quantitative estimate of drug-likeness (QED) is 0.423. The van der Waals surface area contributed by atoms with E-state index in [4.69, 9.17) is 0 Å². The minimum atomic E-state index is -0.306. The van der Waals surface area contributed by atoms with E-state index in [0.717, 1.165) is 11.3 Å². The topological polar surface area (TPSA) is 106 Å². The van der Waals surface area contributed by atoms with Crippen LogP contribution in [-0.4, -0.2) is 36.0 Å². The van der Waals surface area contributed by atoms with Gasteiger partial charge < -0.3 is 15.0 Å². The third-order valence-electron chi connectivity index (χ3n) is 4.94. The molecule has 0 spiro atoms. The molecule has 0 radical (unpaired) electrons. The highest BCUT2D eigenvalue weighted by atomic mass is 16.2. The van der Waals surface area contributed by atoms with Crippen molar-refractivity contribution >= 4 is 28.8 Å². The lowest BCUT2D eigenvalue weighted by atomic mass is 10.1. The van der Waals surface area contributed by atoms with Crippen molar-refractivity contribution in [1.29, 1.82) is 0 Å². The Bertz CT molecular complexity index is 1410. The molecule has 33 heavy (non-hydrogen) atoms. The van der Waals surface area contributed by atoms with E-state index in [9.17, 15) is 9.59 Å². The number of anilines is 2. The summed E-state index contributed by atoms with van der Waals surface area (Å²) in [4.78, 5) is 33.5. The van der Waals surface area contributed by atoms with Gasteiger partial charge in [0.15, 0.2) is 0 Å². The lowest BCUT2D eigenvalue weighted by Gasteiger charge is -2.07. The number of nitrogens with zero attached hydrogens (tertiary/aromatic N) is 5. The minimum absolute atomic E-state index is 0.297. The van der Waals surface area contributed by atoms with Crippen molar-refractivity contribution in [2.75, 3.05) is 10.6 Å². The maximum atomic E-state index is 12.7. The number of hydrogen-bond donors (Lipinski definition) is 2. The van der Waals surface area contributed by atoms with Crippen molar-refractivity contribution in [1.82, 2.24) is 24.1 Å². The number of carbonyl (C=O) groups is 2. The van der Waals surface area contributed by atoms with Gasteiger partial charge in [-0.2, -0.15) is 5.10 Å². The van der Waals surface area contributed by atoms with Gasteiger partial charge in [0, 0.05) is 42.2 Å². The van der Waals surface area contributed by atoms with Crippen molar-refractivity contribution < 1.29 is 9.59 Å². The summed E-state index contributed by atoms with van der Waals surface area (Å²) in [6, 6.07) is 15.9. The molecule has 5 rings (SSSR count). The Labute approximate surface area is 188 Å². The fourth-order valence-electron chi connectivity index (χ4n) is 3.39. The van der Waals surface area contributed by atoms with Gasteiger partial charge >= 0.3 is 0 Å². The van der Waals surface area contributed by atoms with Crippen LogP contribution in [0.5, 0.6) is 0 Å². The molecular formula is C24H19N7O2. The monoisotopic (exact) mass is 437 g/mol. The molecule has 0 atom stereocenters. The van der Waals surface area contributed by atoms with Gasteiger partial charge in [0.05, 0.1) is 29.7 Å². The fourth-order valence-corrected chi connectivity index (χ4v) is 3.39. The summed E-state index contributed by atoms with van der Waals surface area (Å²) in [5.41, 5.74) is 3.65. The highest BCUT2D eigenvalue weighted by Crippen LogP contribution is 2.15. The van der Waals surface area contributed by atoms with Crippen molar-refractivity contribution in [3.05, 3.63) is 109 Å². The van der Waals surface area contributed by atoms with Crippen LogP contribution in [0.25, 0.3) is 5.65 Å². The number of pyridine rings is 2. The van der Waals surface area contributed by atoms with E-state index in [1.165, 1.54) is 6.20 Å². The number of hydrogen-bond acceptors (Lipinski definition) is 5. The summed E-state index contributed by atoms with van der Waals surface area (Å²) in [5, 5.41) is 9.92. The summed E-state index contributed by atoms with van der Waals surface area (Å²) in [5.74, 6) is -0.603. The van der Waals surface area contributed by atoms with E-state index >= 15 is 0 Å². The summed E-state index contributed by atoms with van der Waals surface area (Å²) < 4.78 is 3.66. The molecule has 0 aliphatic heterocycles. The standard InChI is InChI=1S/C24H19N7O2/c32-23(17-5-3-7-19(11-17)28-24(33)18-6-4-9-25-12-18)29-20-13-26-31(15-20)16-21-14-30-10-2-1-8-22(30)27-21/h1-15H,16H2,(H,28,33)(H,29,32). The van der Waals surface area contributed by atoms with Gasteiger partial charge in [-0.25, -0.2) is 4.98 Å². The predicted octanol–water partition coefficient (Wildman–Crippen LogP) is 3.48. The zero-order valence-corrected chi connectivity index (χ0v) is 17.4. The summed E-state index contributed by atoms with van der Waals surface area (Å²) in [6.07, 6.45) is 10.3. The molecule has 5 aromatic rings. The van der Waals surface area contributed by atoms with Crippen LogP contribution in [0, 0.1) is 0 Å². The second-order valence-corrected chi connectivity index (χ2v) is 7.36. The Morgan fingerprint density at radius 2 is 1.70 bits per heavy atom. The summed E-state index contributed by atoms with van der Waals surface area (Å²) >= 11 is 0. The van der Waals surface area contributed by atoms with Crippen molar-refractivity contribution in [2.24, 2.45) is 0 Å². The molecule has 4 heterocycles. The average Bonchev–Trinajstić information content (AvgIpc) is 3.46. The molecule has 2 amide bonds. The van der Waals surface area contributed by atoms with Gasteiger partial charge in [-0.05, 0) is 42.5 Å². The molecule has 4 aromatic heterocycles. The molecule has 0 saturated heterocycles. The first-order valence-electron chi connectivity index (χ1n) is 10.2. The third-order valence-corrected chi connectivity index (χ3v) is 4.94. The van der Waals surface area contributed by atoms with Gasteiger partial charge in [0.2, 0.25) is 0 Å². The van der Waals surface area contributed by atoms with E-state index < -0.39 is 0 Å². The molecule has 0 bridgehead atoms. The Balaban J connectivity index is 1.24. The Morgan fingerprint density at radius 3 is 2.55 bits per heavy atom. The molecule has 0 saturated carbocycles. The first-order valence-corrected chi connectivity index (χ1v) is 10.2. The van der Waals surface area contributed by atoms with Crippen LogP contribution in [0.1, 0.15) is 26.4 Å². The van der Waals surface area contributed by atoms with Crippen LogP contribution in [0.3, 0.4) is 0 Å². The van der Waals surface area contributed by atoms with Crippen molar-refractivity contribution in [3.63, 3.8) is 0 Å². The smallest absolute Gasteiger partial charge is 0.257 e. The Hall–Kier alpha value is -4.79. The van der Waals surface area contributed by atoms with Gasteiger partial charge in [0.25, 0.3) is 11.8 Å². The Kier molecular flexibility index (Phi) is 5.34. The number of amides is 2. The first-order chi connectivity index (χ1) is 16.1. The molecule has 0 unspecified atom stereocenters. The lowest BCUT2D eigenvalue weighted by molar-refractivity contribution is 0.101. The summed E-state index contributed by atoms with van der Waals surface area (Å²) in [7, 11) is 0. The highest BCUT2D eigenvalue weighted by molar-refractivity contribution is 6.07. The van der Waals surface area contributed by atoms with Crippen LogP contribution in [0.2, 0.25) is 0 Å². The maximum absolute atomic E-state index is 12.7. The van der Waals surface area contributed by atoms with Gasteiger partial charge in [-0.1, -0.05) is 12.1 Å². The van der Waals surface area contributed by atoms with Crippen LogP contribution < -0.4 is 10.6 Å². The largest absolute Gasteiger partial charge is 0.322 e. The molecular weight excluding hydrogens is 418 g/mol.